The smallest absolute Gasteiger partial charge is 0.338 e. The first-order valence-corrected chi connectivity index (χ1v) is 4.99. The minimum absolute atomic E-state index is 0.268. The highest BCUT2D eigenvalue weighted by atomic mass is 127. The van der Waals surface area contributed by atoms with Crippen LogP contribution in [0.4, 0.5) is 0 Å². The second-order valence-electron chi connectivity index (χ2n) is 2.91. The number of benzene rings is 1. The van der Waals surface area contributed by atoms with Gasteiger partial charge in [-0.05, 0) is 53.6 Å². The van der Waals surface area contributed by atoms with Crippen molar-refractivity contribution in [1.29, 1.82) is 0 Å². The number of carbonyl (C=O) groups excluding carboxylic acids is 1. The van der Waals surface area contributed by atoms with Gasteiger partial charge in [-0.2, -0.15) is 0 Å². The van der Waals surface area contributed by atoms with Crippen molar-refractivity contribution in [1.82, 2.24) is 0 Å². The van der Waals surface area contributed by atoms with E-state index in [-0.39, 0.29) is 5.97 Å². The van der Waals surface area contributed by atoms with Gasteiger partial charge in [0, 0.05) is 3.57 Å². The molecule has 0 bridgehead atoms. The van der Waals surface area contributed by atoms with E-state index in [2.05, 4.69) is 27.3 Å². The van der Waals surface area contributed by atoms with Gasteiger partial charge in [-0.1, -0.05) is 6.07 Å². The SMILES string of the molecule is COC(=O)c1cc(I)c(C)cc1C. The van der Waals surface area contributed by atoms with Crippen LogP contribution in [-0.2, 0) is 4.74 Å². The van der Waals surface area contributed by atoms with Crippen molar-refractivity contribution in [3.8, 4) is 0 Å². The summed E-state index contributed by atoms with van der Waals surface area (Å²) in [6.45, 7) is 3.94. The topological polar surface area (TPSA) is 26.3 Å². The van der Waals surface area contributed by atoms with Crippen molar-refractivity contribution in [2.75, 3.05) is 7.11 Å². The summed E-state index contributed by atoms with van der Waals surface area (Å²) in [6, 6.07) is 3.85. The second kappa shape index (κ2) is 4.09. The molecule has 0 atom stereocenters. The highest BCUT2D eigenvalue weighted by molar-refractivity contribution is 14.1. The summed E-state index contributed by atoms with van der Waals surface area (Å²) < 4.78 is 5.76. The van der Waals surface area contributed by atoms with Crippen LogP contribution in [0.5, 0.6) is 0 Å². The molecule has 1 aromatic rings. The van der Waals surface area contributed by atoms with Crippen LogP contribution in [0.3, 0.4) is 0 Å². The Morgan fingerprint density at radius 3 is 2.46 bits per heavy atom. The minimum atomic E-state index is -0.268. The van der Waals surface area contributed by atoms with Gasteiger partial charge < -0.3 is 4.74 Å². The average Bonchev–Trinajstić information content (AvgIpc) is 2.10. The molecule has 0 saturated heterocycles. The zero-order valence-corrected chi connectivity index (χ0v) is 10.0. The van der Waals surface area contributed by atoms with Crippen LogP contribution in [-0.4, -0.2) is 13.1 Å². The Bertz CT molecular complexity index is 345. The molecule has 70 valence electrons. The number of rotatable bonds is 1. The molecule has 0 unspecified atom stereocenters. The summed E-state index contributed by atoms with van der Waals surface area (Å²) in [5.74, 6) is -0.268. The van der Waals surface area contributed by atoms with Crippen molar-refractivity contribution in [2.45, 2.75) is 13.8 Å². The number of ether oxygens (including phenoxy) is 1. The predicted molar refractivity (Wildman–Crippen MR) is 60.0 cm³/mol. The van der Waals surface area contributed by atoms with Crippen LogP contribution < -0.4 is 0 Å². The van der Waals surface area contributed by atoms with Crippen LogP contribution in [0.15, 0.2) is 12.1 Å². The molecule has 13 heavy (non-hydrogen) atoms. The number of hydrogen-bond donors (Lipinski definition) is 0. The van der Waals surface area contributed by atoms with Crippen molar-refractivity contribution < 1.29 is 9.53 Å². The number of methoxy groups -OCH3 is 1. The van der Waals surface area contributed by atoms with E-state index in [9.17, 15) is 4.79 Å². The maximum absolute atomic E-state index is 11.3. The monoisotopic (exact) mass is 290 g/mol. The Kier molecular flexibility index (Phi) is 3.30. The van der Waals surface area contributed by atoms with Crippen molar-refractivity contribution in [3.05, 3.63) is 32.4 Å². The van der Waals surface area contributed by atoms with Crippen LogP contribution in [0, 0.1) is 17.4 Å². The predicted octanol–water partition coefficient (Wildman–Crippen LogP) is 2.69. The molecule has 0 aliphatic carbocycles. The van der Waals surface area contributed by atoms with E-state index in [0.29, 0.717) is 5.56 Å². The number of hydrogen-bond acceptors (Lipinski definition) is 2. The van der Waals surface area contributed by atoms with Crippen LogP contribution in [0.2, 0.25) is 0 Å². The molecule has 0 fully saturated rings. The fourth-order valence-corrected chi connectivity index (χ4v) is 1.62. The quantitative estimate of drug-likeness (QED) is 0.587. The minimum Gasteiger partial charge on any atom is -0.465 e. The van der Waals surface area contributed by atoms with Crippen molar-refractivity contribution in [3.63, 3.8) is 0 Å². The first kappa shape index (κ1) is 10.5. The molecule has 0 saturated carbocycles. The molecule has 0 N–H and O–H groups in total. The van der Waals surface area contributed by atoms with Gasteiger partial charge in [0.1, 0.15) is 0 Å². The second-order valence-corrected chi connectivity index (χ2v) is 4.07. The van der Waals surface area contributed by atoms with Gasteiger partial charge in [0.05, 0.1) is 12.7 Å². The Hall–Kier alpha value is -0.580. The molecule has 0 spiro atoms. The third-order valence-electron chi connectivity index (χ3n) is 1.91. The van der Waals surface area contributed by atoms with Gasteiger partial charge in [0.25, 0.3) is 0 Å². The Morgan fingerprint density at radius 2 is 1.92 bits per heavy atom. The zero-order chi connectivity index (χ0) is 10.0. The molecule has 0 aliphatic heterocycles. The molecular formula is C10H11IO2. The molecule has 0 aliphatic rings. The average molecular weight is 290 g/mol. The molecular weight excluding hydrogens is 279 g/mol. The van der Waals surface area contributed by atoms with Crippen molar-refractivity contribution in [2.24, 2.45) is 0 Å². The highest BCUT2D eigenvalue weighted by Crippen LogP contribution is 2.18. The van der Waals surface area contributed by atoms with Gasteiger partial charge in [0.2, 0.25) is 0 Å². The van der Waals surface area contributed by atoms with E-state index >= 15 is 0 Å². The lowest BCUT2D eigenvalue weighted by atomic mass is 10.1. The van der Waals surface area contributed by atoms with Gasteiger partial charge in [0.15, 0.2) is 0 Å². The summed E-state index contributed by atoms with van der Waals surface area (Å²) >= 11 is 2.21. The molecule has 1 aromatic carbocycles. The lowest BCUT2D eigenvalue weighted by molar-refractivity contribution is 0.0600. The number of aryl methyl sites for hydroxylation is 2. The fourth-order valence-electron chi connectivity index (χ4n) is 1.16. The standard InChI is InChI=1S/C10H11IO2/c1-6-4-7(2)9(11)5-8(6)10(12)13-3/h4-5H,1-3H3. The van der Waals surface area contributed by atoms with E-state index in [1.165, 1.54) is 12.7 Å². The number of esters is 1. The Morgan fingerprint density at radius 1 is 1.31 bits per heavy atom. The number of carbonyl (C=O) groups is 1. The van der Waals surface area contributed by atoms with Gasteiger partial charge in [-0.3, -0.25) is 0 Å². The van der Waals surface area contributed by atoms with Gasteiger partial charge in [-0.15, -0.1) is 0 Å². The summed E-state index contributed by atoms with van der Waals surface area (Å²) in [7, 11) is 1.40. The van der Waals surface area contributed by atoms with Crippen LogP contribution in [0.1, 0.15) is 21.5 Å². The molecule has 3 heteroatoms. The summed E-state index contributed by atoms with van der Waals surface area (Å²) in [5, 5.41) is 0. The maximum Gasteiger partial charge on any atom is 0.338 e. The molecule has 0 amide bonds. The van der Waals surface area contributed by atoms with E-state index in [0.717, 1.165) is 9.13 Å². The fraction of sp³-hybridized carbons (Fsp3) is 0.300. The first-order valence-electron chi connectivity index (χ1n) is 3.91. The Labute approximate surface area is 91.4 Å². The maximum atomic E-state index is 11.3. The molecule has 0 aromatic heterocycles. The number of halogens is 1. The van der Waals surface area contributed by atoms with Gasteiger partial charge in [-0.25, -0.2) is 4.79 Å². The highest BCUT2D eigenvalue weighted by Gasteiger charge is 2.10. The van der Waals surface area contributed by atoms with Crippen LogP contribution >= 0.6 is 22.6 Å². The van der Waals surface area contributed by atoms with Crippen LogP contribution in [0.25, 0.3) is 0 Å². The third-order valence-corrected chi connectivity index (χ3v) is 3.07. The largest absolute Gasteiger partial charge is 0.465 e. The molecule has 0 radical (unpaired) electrons. The molecule has 1 rings (SSSR count). The summed E-state index contributed by atoms with van der Waals surface area (Å²) in [6.07, 6.45) is 0. The van der Waals surface area contributed by atoms with Gasteiger partial charge >= 0.3 is 5.97 Å². The summed E-state index contributed by atoms with van der Waals surface area (Å²) in [5.41, 5.74) is 2.80. The van der Waals surface area contributed by atoms with Crippen molar-refractivity contribution >= 4 is 28.6 Å². The van der Waals surface area contributed by atoms with E-state index in [1.807, 2.05) is 26.0 Å². The third kappa shape index (κ3) is 2.21. The Balaban J connectivity index is 3.23. The van der Waals surface area contributed by atoms with E-state index < -0.39 is 0 Å². The summed E-state index contributed by atoms with van der Waals surface area (Å²) in [4.78, 5) is 11.3. The lowest BCUT2D eigenvalue weighted by Crippen LogP contribution is -2.04. The molecule has 2 nitrogen and oxygen atoms in total. The zero-order valence-electron chi connectivity index (χ0n) is 7.85. The lowest BCUT2D eigenvalue weighted by Gasteiger charge is -2.06. The normalized spacial score (nSPS) is 9.85. The first-order chi connectivity index (χ1) is 6.06. The van der Waals surface area contributed by atoms with E-state index in [4.69, 9.17) is 0 Å². The van der Waals surface area contributed by atoms with E-state index in [1.54, 1.807) is 0 Å². The molecule has 0 heterocycles.